The first-order valence-electron chi connectivity index (χ1n) is 8.29. The van der Waals surface area contributed by atoms with Crippen LogP contribution in [0.4, 0.5) is 5.13 Å². The molecule has 0 aliphatic carbocycles. The third-order valence-corrected chi connectivity index (χ3v) is 7.60. The van der Waals surface area contributed by atoms with Gasteiger partial charge in [0.15, 0.2) is 17.3 Å². The number of nitrogens with one attached hydrogen (secondary N) is 1. The first-order chi connectivity index (χ1) is 13.8. The highest BCUT2D eigenvalue weighted by atomic mass is 35.5. The van der Waals surface area contributed by atoms with Crippen LogP contribution in [0.5, 0.6) is 11.5 Å². The highest BCUT2D eigenvalue weighted by molar-refractivity contribution is 7.98. The van der Waals surface area contributed by atoms with Crippen molar-refractivity contribution >= 4 is 50.1 Å². The molecule has 0 aliphatic heterocycles. The van der Waals surface area contributed by atoms with Crippen molar-refractivity contribution in [3.05, 3.63) is 52.8 Å². The number of rotatable bonds is 8. The minimum atomic E-state index is -3.80. The zero-order valence-electron chi connectivity index (χ0n) is 15.8. The van der Waals surface area contributed by atoms with Gasteiger partial charge in [0.25, 0.3) is 10.0 Å². The molecule has 29 heavy (non-hydrogen) atoms. The second-order valence-electron chi connectivity index (χ2n) is 5.79. The number of sulfonamides is 1. The minimum Gasteiger partial charge on any atom is -0.493 e. The number of benzene rings is 2. The number of nitrogens with zero attached hydrogens (tertiary/aromatic N) is 2. The molecule has 0 aliphatic rings. The lowest BCUT2D eigenvalue weighted by Gasteiger charge is -2.09. The zero-order valence-corrected chi connectivity index (χ0v) is 19.0. The quantitative estimate of drug-likeness (QED) is 0.479. The van der Waals surface area contributed by atoms with Gasteiger partial charge >= 0.3 is 0 Å². The molecule has 1 aromatic heterocycles. The van der Waals surface area contributed by atoms with E-state index in [1.54, 1.807) is 33.3 Å². The molecular weight excluding hydrogens is 454 g/mol. The summed E-state index contributed by atoms with van der Waals surface area (Å²) in [6.45, 7) is 1.65. The van der Waals surface area contributed by atoms with E-state index in [0.29, 0.717) is 33.7 Å². The van der Waals surface area contributed by atoms with Gasteiger partial charge in [0.05, 0.1) is 24.9 Å². The third-order valence-electron chi connectivity index (χ3n) is 3.92. The maximum Gasteiger partial charge on any atom is 0.264 e. The Hall–Kier alpha value is -2.01. The Kier molecular flexibility index (Phi) is 6.89. The van der Waals surface area contributed by atoms with Gasteiger partial charge in [0, 0.05) is 21.5 Å². The SMILES string of the molecule is COc1ccc(SCc2nsc(NS(=O)(=O)c3cccc(Cl)c3C)n2)cc1OC. The van der Waals surface area contributed by atoms with Crippen molar-refractivity contribution in [3.63, 3.8) is 0 Å². The molecule has 0 radical (unpaired) electrons. The van der Waals surface area contributed by atoms with E-state index in [2.05, 4.69) is 14.1 Å². The van der Waals surface area contributed by atoms with Crippen molar-refractivity contribution in [1.29, 1.82) is 0 Å². The predicted molar refractivity (Wildman–Crippen MR) is 116 cm³/mol. The maximum absolute atomic E-state index is 12.6. The summed E-state index contributed by atoms with van der Waals surface area (Å²) in [7, 11) is -0.642. The first kappa shape index (κ1) is 21.7. The van der Waals surface area contributed by atoms with Gasteiger partial charge in [-0.05, 0) is 42.8 Å². The molecule has 0 amide bonds. The molecule has 0 bridgehead atoms. The lowest BCUT2D eigenvalue weighted by molar-refractivity contribution is 0.354. The highest BCUT2D eigenvalue weighted by Crippen LogP contribution is 2.33. The summed E-state index contributed by atoms with van der Waals surface area (Å²) in [5.41, 5.74) is 0.482. The van der Waals surface area contributed by atoms with Crippen LogP contribution in [0.15, 0.2) is 46.2 Å². The zero-order chi connectivity index (χ0) is 21.0. The average molecular weight is 472 g/mol. The van der Waals surface area contributed by atoms with E-state index < -0.39 is 10.0 Å². The largest absolute Gasteiger partial charge is 0.493 e. The summed E-state index contributed by atoms with van der Waals surface area (Å²) in [4.78, 5) is 5.34. The molecular formula is C18H18ClN3O4S3. The molecule has 7 nitrogen and oxygen atoms in total. The Labute approximate surface area is 182 Å². The number of ether oxygens (including phenoxy) is 2. The van der Waals surface area contributed by atoms with Crippen molar-refractivity contribution < 1.29 is 17.9 Å². The van der Waals surface area contributed by atoms with Crippen LogP contribution in [0.1, 0.15) is 11.4 Å². The molecule has 0 unspecified atom stereocenters. The Bertz CT molecular complexity index is 1120. The van der Waals surface area contributed by atoms with E-state index in [-0.39, 0.29) is 10.0 Å². The van der Waals surface area contributed by atoms with Gasteiger partial charge < -0.3 is 9.47 Å². The summed E-state index contributed by atoms with van der Waals surface area (Å²) in [5.74, 6) is 2.28. The van der Waals surface area contributed by atoms with Crippen LogP contribution < -0.4 is 14.2 Å². The minimum absolute atomic E-state index is 0.112. The van der Waals surface area contributed by atoms with Gasteiger partial charge in [-0.15, -0.1) is 11.8 Å². The lowest BCUT2D eigenvalue weighted by Crippen LogP contribution is -2.14. The summed E-state index contributed by atoms with van der Waals surface area (Å²) < 4.78 is 42.5. The Morgan fingerprint density at radius 2 is 1.93 bits per heavy atom. The van der Waals surface area contributed by atoms with Crippen molar-refractivity contribution in [1.82, 2.24) is 9.36 Å². The predicted octanol–water partition coefficient (Wildman–Crippen LogP) is 4.61. The monoisotopic (exact) mass is 471 g/mol. The number of methoxy groups -OCH3 is 2. The number of aromatic nitrogens is 2. The molecule has 1 N–H and O–H groups in total. The van der Waals surface area contributed by atoms with Gasteiger partial charge in [-0.1, -0.05) is 17.7 Å². The highest BCUT2D eigenvalue weighted by Gasteiger charge is 2.20. The number of hydrogen-bond donors (Lipinski definition) is 1. The van der Waals surface area contributed by atoms with Gasteiger partial charge in [0.1, 0.15) is 0 Å². The lowest BCUT2D eigenvalue weighted by atomic mass is 10.2. The number of halogens is 1. The molecule has 0 fully saturated rings. The summed E-state index contributed by atoms with van der Waals surface area (Å²) in [5, 5.41) is 0.587. The van der Waals surface area contributed by atoms with Crippen LogP contribution in [0.2, 0.25) is 5.02 Å². The van der Waals surface area contributed by atoms with Gasteiger partial charge in [-0.3, -0.25) is 4.72 Å². The van der Waals surface area contributed by atoms with Gasteiger partial charge in [0.2, 0.25) is 5.13 Å². The number of thioether (sulfide) groups is 1. The van der Waals surface area contributed by atoms with Crippen LogP contribution in [0, 0.1) is 6.92 Å². The number of anilines is 1. The fourth-order valence-corrected chi connectivity index (χ4v) is 5.63. The molecule has 2 aromatic carbocycles. The van der Waals surface area contributed by atoms with Crippen LogP contribution in [0.3, 0.4) is 0 Å². The summed E-state index contributed by atoms with van der Waals surface area (Å²) in [6.07, 6.45) is 0. The molecule has 0 saturated heterocycles. The van der Waals surface area contributed by atoms with Gasteiger partial charge in [-0.25, -0.2) is 13.4 Å². The third kappa shape index (κ3) is 5.13. The van der Waals surface area contributed by atoms with E-state index in [4.69, 9.17) is 21.1 Å². The van der Waals surface area contributed by atoms with Crippen molar-refractivity contribution in [2.24, 2.45) is 0 Å². The molecule has 0 saturated carbocycles. The van der Waals surface area contributed by atoms with Crippen molar-refractivity contribution in [2.45, 2.75) is 22.5 Å². The van der Waals surface area contributed by atoms with Crippen LogP contribution >= 0.6 is 34.9 Å². The maximum atomic E-state index is 12.6. The van der Waals surface area contributed by atoms with Gasteiger partial charge in [-0.2, -0.15) is 4.37 Å². The fourth-order valence-electron chi connectivity index (χ4n) is 2.46. The second kappa shape index (κ2) is 9.21. The molecule has 3 rings (SSSR count). The fraction of sp³-hybridized carbons (Fsp3) is 0.222. The molecule has 3 aromatic rings. The average Bonchev–Trinajstić information content (AvgIpc) is 3.14. The van der Waals surface area contributed by atoms with Crippen LogP contribution in [-0.2, 0) is 15.8 Å². The second-order valence-corrected chi connectivity index (χ2v) is 9.65. The molecule has 154 valence electrons. The van der Waals surface area contributed by atoms with E-state index >= 15 is 0 Å². The van der Waals surface area contributed by atoms with Crippen LogP contribution in [0.25, 0.3) is 0 Å². The summed E-state index contributed by atoms with van der Waals surface area (Å²) >= 11 is 8.52. The number of hydrogen-bond acceptors (Lipinski definition) is 8. The van der Waals surface area contributed by atoms with Crippen LogP contribution in [-0.4, -0.2) is 32.0 Å². The Balaban J connectivity index is 1.69. The molecule has 0 atom stereocenters. The molecule has 1 heterocycles. The van der Waals surface area contributed by atoms with E-state index in [1.807, 2.05) is 18.2 Å². The molecule has 11 heteroatoms. The van der Waals surface area contributed by atoms with Crippen molar-refractivity contribution in [3.8, 4) is 11.5 Å². The molecule has 0 spiro atoms. The standard InChI is InChI=1S/C18H18ClN3O4S3/c1-11-13(19)5-4-6-16(11)29(23,24)22-18-20-17(21-28-18)10-27-12-7-8-14(25-2)15(9-12)26-3/h4-9H,10H2,1-3H3,(H,20,21,22). The van der Waals surface area contributed by atoms with Crippen molar-refractivity contribution in [2.75, 3.05) is 18.9 Å². The Morgan fingerprint density at radius 1 is 1.17 bits per heavy atom. The van der Waals surface area contributed by atoms with E-state index in [0.717, 1.165) is 16.4 Å². The smallest absolute Gasteiger partial charge is 0.264 e. The first-order valence-corrected chi connectivity index (χ1v) is 11.9. The topological polar surface area (TPSA) is 90.4 Å². The Morgan fingerprint density at radius 3 is 2.66 bits per heavy atom. The summed E-state index contributed by atoms with van der Waals surface area (Å²) in [6, 6.07) is 10.3. The normalized spacial score (nSPS) is 11.3. The van der Waals surface area contributed by atoms with E-state index in [9.17, 15) is 8.42 Å². The van der Waals surface area contributed by atoms with E-state index in [1.165, 1.54) is 17.8 Å².